The molecule has 0 saturated carbocycles. The van der Waals surface area contributed by atoms with E-state index in [0.29, 0.717) is 6.61 Å². The van der Waals surface area contributed by atoms with Gasteiger partial charge in [0.05, 0.1) is 26.2 Å². The first kappa shape index (κ1) is 31.9. The smallest absolute Gasteiger partial charge is 0.102 e. The third kappa shape index (κ3) is 20.5. The van der Waals surface area contributed by atoms with Gasteiger partial charge in [0, 0.05) is 0 Å². The fourth-order valence-corrected chi connectivity index (χ4v) is 5.53. The van der Waals surface area contributed by atoms with Crippen LogP contribution in [0.5, 0.6) is 0 Å². The standard InChI is InChI=1S/C30H64NO/c1-4-7-8-9-10-11-12-13-14-15-16-17-18-19-20-21-22-23-24-25-28-31(26-5-2,27-6-3)29-30-32/h32H,4-30H2,1-3H3/q+1. The van der Waals surface area contributed by atoms with Gasteiger partial charge in [-0.05, 0) is 25.7 Å². The van der Waals surface area contributed by atoms with Gasteiger partial charge in [0.1, 0.15) is 6.54 Å². The van der Waals surface area contributed by atoms with Crippen molar-refractivity contribution >= 4 is 0 Å². The fraction of sp³-hybridized carbons (Fsp3) is 1.00. The maximum atomic E-state index is 9.50. The maximum Gasteiger partial charge on any atom is 0.102 e. The lowest BCUT2D eigenvalue weighted by Crippen LogP contribution is -2.51. The van der Waals surface area contributed by atoms with Crippen LogP contribution in [0.4, 0.5) is 0 Å². The lowest BCUT2D eigenvalue weighted by Gasteiger charge is -2.38. The van der Waals surface area contributed by atoms with Gasteiger partial charge in [0.25, 0.3) is 0 Å². The highest BCUT2D eigenvalue weighted by molar-refractivity contribution is 4.52. The normalized spacial score (nSPS) is 12.0. The lowest BCUT2D eigenvalue weighted by atomic mass is 10.0. The molecule has 32 heavy (non-hydrogen) atoms. The van der Waals surface area contributed by atoms with Crippen LogP contribution < -0.4 is 0 Å². The summed E-state index contributed by atoms with van der Waals surface area (Å²) in [5.41, 5.74) is 0. The Kier molecular flexibility index (Phi) is 25.5. The SMILES string of the molecule is CCCCCCCCCCCCCCCCCCCCCC[N+](CCC)(CCC)CCO. The molecule has 0 heterocycles. The van der Waals surface area contributed by atoms with Crippen LogP contribution in [0.2, 0.25) is 0 Å². The molecule has 0 aliphatic rings. The van der Waals surface area contributed by atoms with Gasteiger partial charge < -0.3 is 9.59 Å². The third-order valence-corrected chi connectivity index (χ3v) is 7.46. The van der Waals surface area contributed by atoms with Crippen molar-refractivity contribution in [2.75, 3.05) is 32.8 Å². The van der Waals surface area contributed by atoms with Crippen LogP contribution in [-0.2, 0) is 0 Å². The van der Waals surface area contributed by atoms with Crippen molar-refractivity contribution < 1.29 is 9.59 Å². The summed E-state index contributed by atoms with van der Waals surface area (Å²) in [7, 11) is 0. The van der Waals surface area contributed by atoms with Crippen molar-refractivity contribution in [1.82, 2.24) is 0 Å². The molecule has 0 aliphatic carbocycles. The van der Waals surface area contributed by atoms with E-state index in [-0.39, 0.29) is 0 Å². The van der Waals surface area contributed by atoms with E-state index < -0.39 is 0 Å². The first-order valence-electron chi connectivity index (χ1n) is 15.2. The number of hydrogen-bond acceptors (Lipinski definition) is 1. The van der Waals surface area contributed by atoms with Gasteiger partial charge in [-0.2, -0.15) is 0 Å². The van der Waals surface area contributed by atoms with Gasteiger partial charge in [-0.25, -0.2) is 0 Å². The Labute approximate surface area is 204 Å². The summed E-state index contributed by atoms with van der Waals surface area (Å²) in [5.74, 6) is 0. The van der Waals surface area contributed by atoms with E-state index in [0.717, 1.165) is 11.0 Å². The van der Waals surface area contributed by atoms with Crippen LogP contribution in [-0.4, -0.2) is 42.4 Å². The molecule has 2 heteroatoms. The fourth-order valence-electron chi connectivity index (χ4n) is 5.53. The Balaban J connectivity index is 3.37. The number of hydrogen-bond donors (Lipinski definition) is 1. The Morgan fingerprint density at radius 3 is 0.938 bits per heavy atom. The summed E-state index contributed by atoms with van der Waals surface area (Å²) >= 11 is 0. The van der Waals surface area contributed by atoms with Gasteiger partial charge in [-0.3, -0.25) is 0 Å². The number of aliphatic hydroxyl groups is 1. The zero-order valence-electron chi connectivity index (χ0n) is 23.0. The van der Waals surface area contributed by atoms with Gasteiger partial charge in [0.2, 0.25) is 0 Å². The highest BCUT2D eigenvalue weighted by atomic mass is 16.3. The summed E-state index contributed by atoms with van der Waals surface area (Å²) in [5, 5.41) is 9.50. The number of rotatable bonds is 27. The first-order chi connectivity index (χ1) is 15.7. The summed E-state index contributed by atoms with van der Waals surface area (Å²) in [6.07, 6.45) is 31.4. The van der Waals surface area contributed by atoms with E-state index in [1.54, 1.807) is 0 Å². The molecular formula is C30H64NO+. The molecule has 0 rings (SSSR count). The summed E-state index contributed by atoms with van der Waals surface area (Å²) in [6.45, 7) is 11.9. The second-order valence-electron chi connectivity index (χ2n) is 10.7. The molecular weight excluding hydrogens is 390 g/mol. The molecule has 0 aromatic carbocycles. The third-order valence-electron chi connectivity index (χ3n) is 7.46. The first-order valence-corrected chi connectivity index (χ1v) is 15.2. The van der Waals surface area contributed by atoms with E-state index >= 15 is 0 Å². The van der Waals surface area contributed by atoms with Crippen molar-refractivity contribution in [1.29, 1.82) is 0 Å². The monoisotopic (exact) mass is 454 g/mol. The highest BCUT2D eigenvalue weighted by Crippen LogP contribution is 2.16. The molecule has 2 nitrogen and oxygen atoms in total. The second kappa shape index (κ2) is 25.5. The zero-order chi connectivity index (χ0) is 23.6. The number of quaternary nitrogens is 1. The molecule has 0 amide bonds. The van der Waals surface area contributed by atoms with Crippen molar-refractivity contribution in [3.05, 3.63) is 0 Å². The minimum absolute atomic E-state index is 0.346. The molecule has 0 bridgehead atoms. The van der Waals surface area contributed by atoms with Crippen molar-refractivity contribution in [2.45, 2.75) is 162 Å². The number of aliphatic hydroxyl groups excluding tert-OH is 1. The van der Waals surface area contributed by atoms with Gasteiger partial charge in [-0.15, -0.1) is 0 Å². The van der Waals surface area contributed by atoms with E-state index in [1.807, 2.05) is 0 Å². The van der Waals surface area contributed by atoms with Gasteiger partial charge in [-0.1, -0.05) is 136 Å². The Bertz CT molecular complexity index is 327. The minimum atomic E-state index is 0.346. The topological polar surface area (TPSA) is 20.2 Å². The molecule has 0 unspecified atom stereocenters. The molecule has 0 aliphatic heterocycles. The maximum absolute atomic E-state index is 9.50. The molecule has 194 valence electrons. The average molecular weight is 455 g/mol. The van der Waals surface area contributed by atoms with E-state index in [9.17, 15) is 5.11 Å². The molecule has 1 N–H and O–H groups in total. The number of nitrogens with zero attached hydrogens (tertiary/aromatic N) is 1. The van der Waals surface area contributed by atoms with E-state index in [4.69, 9.17) is 0 Å². The summed E-state index contributed by atoms with van der Waals surface area (Å²) in [6, 6.07) is 0. The predicted octanol–water partition coefficient (Wildman–Crippen LogP) is 9.44. The van der Waals surface area contributed by atoms with Crippen LogP contribution in [0.3, 0.4) is 0 Å². The van der Waals surface area contributed by atoms with Gasteiger partial charge in [0.15, 0.2) is 0 Å². The molecule has 0 atom stereocenters. The van der Waals surface area contributed by atoms with Crippen LogP contribution in [0.25, 0.3) is 0 Å². The molecule has 0 fully saturated rings. The van der Waals surface area contributed by atoms with Gasteiger partial charge >= 0.3 is 0 Å². The van der Waals surface area contributed by atoms with Crippen molar-refractivity contribution in [2.24, 2.45) is 0 Å². The van der Waals surface area contributed by atoms with Crippen molar-refractivity contribution in [3.63, 3.8) is 0 Å². The van der Waals surface area contributed by atoms with Crippen LogP contribution in [0, 0.1) is 0 Å². The molecule has 0 saturated heterocycles. The molecule has 0 aromatic rings. The Morgan fingerprint density at radius 1 is 0.344 bits per heavy atom. The van der Waals surface area contributed by atoms with Crippen LogP contribution in [0.1, 0.15) is 162 Å². The van der Waals surface area contributed by atoms with Crippen molar-refractivity contribution in [3.8, 4) is 0 Å². The average Bonchev–Trinajstić information content (AvgIpc) is 2.78. The highest BCUT2D eigenvalue weighted by Gasteiger charge is 2.24. The summed E-state index contributed by atoms with van der Waals surface area (Å²) in [4.78, 5) is 0. The lowest BCUT2D eigenvalue weighted by molar-refractivity contribution is -0.928. The van der Waals surface area contributed by atoms with Crippen LogP contribution in [0.15, 0.2) is 0 Å². The van der Waals surface area contributed by atoms with E-state index in [1.165, 1.54) is 161 Å². The molecule has 0 radical (unpaired) electrons. The quantitative estimate of drug-likeness (QED) is 0.0967. The Morgan fingerprint density at radius 2 is 0.656 bits per heavy atom. The second-order valence-corrected chi connectivity index (χ2v) is 10.7. The zero-order valence-corrected chi connectivity index (χ0v) is 23.0. The Hall–Kier alpha value is -0.0800. The molecule has 0 aromatic heterocycles. The van der Waals surface area contributed by atoms with Crippen LogP contribution >= 0.6 is 0 Å². The number of unbranched alkanes of at least 4 members (excludes halogenated alkanes) is 19. The van der Waals surface area contributed by atoms with E-state index in [2.05, 4.69) is 20.8 Å². The predicted molar refractivity (Wildman–Crippen MR) is 145 cm³/mol. The minimum Gasteiger partial charge on any atom is -0.391 e. The molecule has 0 spiro atoms. The largest absolute Gasteiger partial charge is 0.391 e. The summed E-state index contributed by atoms with van der Waals surface area (Å²) < 4.78 is 1.16.